The SMILES string of the molecule is CN=C(NCC1CCN(C)C1)N1CCC(Cc2ccccc2)CC1.I. The average Bonchev–Trinajstić information content (AvgIpc) is 3.03. The van der Waals surface area contributed by atoms with Gasteiger partial charge in [-0.15, -0.1) is 24.0 Å². The van der Waals surface area contributed by atoms with Gasteiger partial charge in [0.05, 0.1) is 0 Å². The summed E-state index contributed by atoms with van der Waals surface area (Å²) in [7, 11) is 4.13. The van der Waals surface area contributed by atoms with Gasteiger partial charge in [-0.2, -0.15) is 0 Å². The van der Waals surface area contributed by atoms with Crippen LogP contribution in [0, 0.1) is 11.8 Å². The number of hydrogen-bond donors (Lipinski definition) is 1. The van der Waals surface area contributed by atoms with Gasteiger partial charge in [-0.25, -0.2) is 0 Å². The molecule has 0 spiro atoms. The van der Waals surface area contributed by atoms with Crippen LogP contribution in [0.15, 0.2) is 35.3 Å². The van der Waals surface area contributed by atoms with Crippen molar-refractivity contribution in [1.82, 2.24) is 15.1 Å². The van der Waals surface area contributed by atoms with Gasteiger partial charge < -0.3 is 15.1 Å². The first-order valence-corrected chi connectivity index (χ1v) is 9.42. The molecule has 1 aromatic carbocycles. The van der Waals surface area contributed by atoms with Gasteiger partial charge in [0, 0.05) is 33.2 Å². The van der Waals surface area contributed by atoms with E-state index in [2.05, 4.69) is 57.5 Å². The first-order valence-electron chi connectivity index (χ1n) is 9.42. The number of likely N-dealkylation sites (tertiary alicyclic amines) is 2. The second-order valence-electron chi connectivity index (χ2n) is 7.47. The molecule has 2 fully saturated rings. The molecule has 1 atom stereocenters. The van der Waals surface area contributed by atoms with E-state index in [0.29, 0.717) is 0 Å². The van der Waals surface area contributed by atoms with Crippen LogP contribution in [-0.4, -0.2) is 62.6 Å². The highest BCUT2D eigenvalue weighted by atomic mass is 127. The van der Waals surface area contributed by atoms with Crippen molar-refractivity contribution in [3.8, 4) is 0 Å². The van der Waals surface area contributed by atoms with E-state index in [1.807, 2.05) is 7.05 Å². The molecule has 1 unspecified atom stereocenters. The van der Waals surface area contributed by atoms with E-state index < -0.39 is 0 Å². The van der Waals surface area contributed by atoms with E-state index in [9.17, 15) is 0 Å². The third-order valence-corrected chi connectivity index (χ3v) is 5.53. The maximum atomic E-state index is 4.52. The quantitative estimate of drug-likeness (QED) is 0.429. The maximum absolute atomic E-state index is 4.52. The van der Waals surface area contributed by atoms with E-state index in [4.69, 9.17) is 0 Å². The van der Waals surface area contributed by atoms with Crippen molar-refractivity contribution < 1.29 is 0 Å². The minimum absolute atomic E-state index is 0. The zero-order chi connectivity index (χ0) is 16.8. The summed E-state index contributed by atoms with van der Waals surface area (Å²) >= 11 is 0. The lowest BCUT2D eigenvalue weighted by atomic mass is 9.90. The van der Waals surface area contributed by atoms with Crippen LogP contribution in [0.5, 0.6) is 0 Å². The summed E-state index contributed by atoms with van der Waals surface area (Å²) in [6.45, 7) is 5.75. The molecule has 5 heteroatoms. The number of benzene rings is 1. The maximum Gasteiger partial charge on any atom is 0.193 e. The van der Waals surface area contributed by atoms with Crippen molar-refractivity contribution in [3.63, 3.8) is 0 Å². The predicted octanol–water partition coefficient (Wildman–Crippen LogP) is 3.09. The fourth-order valence-electron chi connectivity index (χ4n) is 4.06. The van der Waals surface area contributed by atoms with Gasteiger partial charge in [-0.05, 0) is 56.7 Å². The zero-order valence-electron chi connectivity index (χ0n) is 15.7. The third kappa shape index (κ3) is 6.13. The minimum Gasteiger partial charge on any atom is -0.356 e. The molecule has 1 N–H and O–H groups in total. The van der Waals surface area contributed by atoms with Gasteiger partial charge in [0.25, 0.3) is 0 Å². The topological polar surface area (TPSA) is 30.9 Å². The molecule has 0 aliphatic carbocycles. The van der Waals surface area contributed by atoms with Crippen LogP contribution >= 0.6 is 24.0 Å². The van der Waals surface area contributed by atoms with E-state index in [0.717, 1.165) is 37.4 Å². The normalized spacial score (nSPS) is 22.7. The molecule has 1 aromatic rings. The molecule has 140 valence electrons. The summed E-state index contributed by atoms with van der Waals surface area (Å²) in [6.07, 6.45) is 5.05. The fourth-order valence-corrected chi connectivity index (χ4v) is 4.06. The van der Waals surface area contributed by atoms with E-state index >= 15 is 0 Å². The highest BCUT2D eigenvalue weighted by Gasteiger charge is 2.23. The Morgan fingerprint density at radius 1 is 1.08 bits per heavy atom. The Labute approximate surface area is 170 Å². The molecule has 25 heavy (non-hydrogen) atoms. The molecule has 2 aliphatic rings. The number of halogens is 1. The molecule has 0 amide bonds. The van der Waals surface area contributed by atoms with E-state index in [1.54, 1.807) is 0 Å². The van der Waals surface area contributed by atoms with Crippen molar-refractivity contribution in [2.75, 3.05) is 46.8 Å². The highest BCUT2D eigenvalue weighted by Crippen LogP contribution is 2.22. The first kappa shape index (κ1) is 20.5. The van der Waals surface area contributed by atoms with Gasteiger partial charge >= 0.3 is 0 Å². The number of hydrogen-bond acceptors (Lipinski definition) is 2. The Morgan fingerprint density at radius 2 is 1.76 bits per heavy atom. The van der Waals surface area contributed by atoms with Crippen LogP contribution in [-0.2, 0) is 6.42 Å². The Bertz CT molecular complexity index is 526. The summed E-state index contributed by atoms with van der Waals surface area (Å²) in [4.78, 5) is 9.38. The Morgan fingerprint density at radius 3 is 2.36 bits per heavy atom. The lowest BCUT2D eigenvalue weighted by Gasteiger charge is -2.34. The van der Waals surface area contributed by atoms with Crippen LogP contribution in [0.4, 0.5) is 0 Å². The largest absolute Gasteiger partial charge is 0.356 e. The van der Waals surface area contributed by atoms with Crippen LogP contribution in [0.25, 0.3) is 0 Å². The fraction of sp³-hybridized carbons (Fsp3) is 0.650. The van der Waals surface area contributed by atoms with Crippen LogP contribution in [0.2, 0.25) is 0 Å². The molecule has 2 heterocycles. The van der Waals surface area contributed by atoms with Gasteiger partial charge in [0.1, 0.15) is 0 Å². The molecular formula is C20H33IN4. The van der Waals surface area contributed by atoms with Crippen molar-refractivity contribution in [1.29, 1.82) is 0 Å². The number of nitrogens with one attached hydrogen (secondary N) is 1. The van der Waals surface area contributed by atoms with Crippen LogP contribution < -0.4 is 5.32 Å². The molecule has 0 bridgehead atoms. The van der Waals surface area contributed by atoms with E-state index in [1.165, 1.54) is 44.3 Å². The van der Waals surface area contributed by atoms with Gasteiger partial charge in [0.15, 0.2) is 5.96 Å². The zero-order valence-corrected chi connectivity index (χ0v) is 18.0. The monoisotopic (exact) mass is 456 g/mol. The Kier molecular flexibility index (Phi) is 8.49. The predicted molar refractivity (Wildman–Crippen MR) is 117 cm³/mol. The number of piperidine rings is 1. The van der Waals surface area contributed by atoms with Crippen molar-refractivity contribution in [3.05, 3.63) is 35.9 Å². The van der Waals surface area contributed by atoms with Crippen LogP contribution in [0.3, 0.4) is 0 Å². The van der Waals surface area contributed by atoms with Gasteiger partial charge in [-0.3, -0.25) is 4.99 Å². The Hall–Kier alpha value is -0.820. The summed E-state index contributed by atoms with van der Waals surface area (Å²) < 4.78 is 0. The molecule has 0 saturated carbocycles. The van der Waals surface area contributed by atoms with Gasteiger partial charge in [0.2, 0.25) is 0 Å². The summed E-state index contributed by atoms with van der Waals surface area (Å²) in [5.41, 5.74) is 1.48. The number of rotatable bonds is 4. The summed E-state index contributed by atoms with van der Waals surface area (Å²) in [6, 6.07) is 10.9. The number of nitrogens with zero attached hydrogens (tertiary/aromatic N) is 3. The molecule has 2 saturated heterocycles. The minimum atomic E-state index is 0. The summed E-state index contributed by atoms with van der Waals surface area (Å²) in [5, 5.41) is 3.62. The summed E-state index contributed by atoms with van der Waals surface area (Å²) in [5.74, 6) is 2.68. The smallest absolute Gasteiger partial charge is 0.193 e. The number of guanidine groups is 1. The second-order valence-corrected chi connectivity index (χ2v) is 7.47. The van der Waals surface area contributed by atoms with Crippen molar-refractivity contribution in [2.45, 2.75) is 25.7 Å². The molecular weight excluding hydrogens is 423 g/mol. The van der Waals surface area contributed by atoms with Crippen molar-refractivity contribution >= 4 is 29.9 Å². The molecule has 2 aliphatic heterocycles. The lowest BCUT2D eigenvalue weighted by Crippen LogP contribution is -2.47. The lowest BCUT2D eigenvalue weighted by molar-refractivity contribution is 0.258. The molecule has 0 aromatic heterocycles. The molecule has 0 radical (unpaired) electrons. The number of aliphatic imine (C=N–C) groups is 1. The third-order valence-electron chi connectivity index (χ3n) is 5.53. The van der Waals surface area contributed by atoms with Crippen LogP contribution in [0.1, 0.15) is 24.8 Å². The highest BCUT2D eigenvalue weighted by molar-refractivity contribution is 14.0. The van der Waals surface area contributed by atoms with Gasteiger partial charge in [-0.1, -0.05) is 30.3 Å². The molecule has 3 rings (SSSR count). The first-order chi connectivity index (χ1) is 11.7. The second kappa shape index (κ2) is 10.4. The molecule has 4 nitrogen and oxygen atoms in total. The average molecular weight is 456 g/mol. The Balaban J connectivity index is 0.00000225. The van der Waals surface area contributed by atoms with Crippen molar-refractivity contribution in [2.24, 2.45) is 16.8 Å². The standard InChI is InChI=1S/C20H32N4.HI/c1-21-20(22-15-19-8-11-23(2)16-19)24-12-9-18(10-13-24)14-17-6-4-3-5-7-17;/h3-7,18-19H,8-16H2,1-2H3,(H,21,22);1H. The van der Waals surface area contributed by atoms with E-state index in [-0.39, 0.29) is 24.0 Å².